The van der Waals surface area contributed by atoms with E-state index in [4.69, 9.17) is 5.73 Å². The lowest BCUT2D eigenvalue weighted by Crippen LogP contribution is -2.55. The van der Waals surface area contributed by atoms with E-state index in [9.17, 15) is 19.5 Å². The van der Waals surface area contributed by atoms with Gasteiger partial charge in [-0.05, 0) is 25.2 Å². The van der Waals surface area contributed by atoms with Gasteiger partial charge in [0.15, 0.2) is 0 Å². The lowest BCUT2D eigenvalue weighted by Gasteiger charge is -2.25. The molecule has 0 rings (SSSR count). The molecule has 0 saturated carbocycles. The van der Waals surface area contributed by atoms with Gasteiger partial charge in [0.1, 0.15) is 12.1 Å². The molecule has 7 nitrogen and oxygen atoms in total. The highest BCUT2D eigenvalue weighted by Gasteiger charge is 2.30. The van der Waals surface area contributed by atoms with Crippen molar-refractivity contribution in [2.45, 2.75) is 65.6 Å². The summed E-state index contributed by atoms with van der Waals surface area (Å²) < 4.78 is 0. The summed E-state index contributed by atoms with van der Waals surface area (Å²) in [7, 11) is 0. The maximum Gasteiger partial charge on any atom is 0.326 e. The van der Waals surface area contributed by atoms with Gasteiger partial charge in [-0.15, -0.1) is 0 Å². The summed E-state index contributed by atoms with van der Waals surface area (Å²) in [5, 5.41) is 14.3. The van der Waals surface area contributed by atoms with Crippen LogP contribution in [0.5, 0.6) is 0 Å². The van der Waals surface area contributed by atoms with Gasteiger partial charge in [-0.2, -0.15) is 0 Å². The van der Waals surface area contributed by atoms with Gasteiger partial charge in [-0.25, -0.2) is 4.79 Å². The first-order valence-electron chi connectivity index (χ1n) is 7.69. The van der Waals surface area contributed by atoms with Crippen LogP contribution < -0.4 is 16.4 Å². The Balaban J connectivity index is 5.01. The molecular formula is C15H29N3O4. The van der Waals surface area contributed by atoms with Crippen molar-refractivity contribution in [2.24, 2.45) is 17.6 Å². The van der Waals surface area contributed by atoms with Crippen LogP contribution in [0.3, 0.4) is 0 Å². The molecule has 0 saturated heterocycles. The van der Waals surface area contributed by atoms with E-state index in [1.807, 2.05) is 20.8 Å². The van der Waals surface area contributed by atoms with E-state index in [0.29, 0.717) is 12.8 Å². The van der Waals surface area contributed by atoms with Crippen LogP contribution in [0.2, 0.25) is 0 Å². The summed E-state index contributed by atoms with van der Waals surface area (Å²) in [6.07, 6.45) is 1.04. The SMILES string of the molecule is CCC(C)C(NC(=O)C(CC(C)C)NC(=O)C(C)N)C(=O)O. The number of aliphatic carboxylic acids is 1. The van der Waals surface area contributed by atoms with Gasteiger partial charge in [0, 0.05) is 0 Å². The summed E-state index contributed by atoms with van der Waals surface area (Å²) in [5.41, 5.74) is 5.50. The van der Waals surface area contributed by atoms with Crippen LogP contribution in [0.4, 0.5) is 0 Å². The molecule has 0 heterocycles. The lowest BCUT2D eigenvalue weighted by molar-refractivity contribution is -0.143. The molecule has 7 heteroatoms. The molecule has 4 unspecified atom stereocenters. The van der Waals surface area contributed by atoms with Crippen LogP contribution in [0, 0.1) is 11.8 Å². The molecule has 0 aromatic carbocycles. The summed E-state index contributed by atoms with van der Waals surface area (Å²) in [6.45, 7) is 8.98. The normalized spacial score (nSPS) is 16.5. The van der Waals surface area contributed by atoms with Gasteiger partial charge < -0.3 is 21.5 Å². The van der Waals surface area contributed by atoms with E-state index in [1.165, 1.54) is 6.92 Å². The minimum atomic E-state index is -1.08. The fourth-order valence-electron chi connectivity index (χ4n) is 1.94. The predicted octanol–water partition coefficient (Wildman–Crippen LogP) is 0.480. The van der Waals surface area contributed by atoms with Crippen LogP contribution in [0.15, 0.2) is 0 Å². The standard InChI is InChI=1S/C15H29N3O4/c1-6-9(4)12(15(21)22)18-14(20)11(7-8(2)3)17-13(19)10(5)16/h8-12H,6-7,16H2,1-5H3,(H,17,19)(H,18,20)(H,21,22). The average Bonchev–Trinajstić information content (AvgIpc) is 2.41. The van der Waals surface area contributed by atoms with Gasteiger partial charge in [-0.3, -0.25) is 9.59 Å². The molecule has 22 heavy (non-hydrogen) atoms. The topological polar surface area (TPSA) is 122 Å². The van der Waals surface area contributed by atoms with E-state index in [-0.39, 0.29) is 11.8 Å². The lowest BCUT2D eigenvalue weighted by atomic mass is 9.97. The monoisotopic (exact) mass is 315 g/mol. The summed E-state index contributed by atoms with van der Waals surface area (Å²) >= 11 is 0. The maximum absolute atomic E-state index is 12.3. The number of nitrogens with two attached hydrogens (primary N) is 1. The minimum absolute atomic E-state index is 0.163. The Hall–Kier alpha value is -1.63. The second-order valence-electron chi connectivity index (χ2n) is 6.19. The Kier molecular flexibility index (Phi) is 8.70. The number of hydrogen-bond acceptors (Lipinski definition) is 4. The van der Waals surface area contributed by atoms with Crippen LogP contribution in [-0.4, -0.2) is 41.0 Å². The molecule has 0 aliphatic rings. The Bertz CT molecular complexity index is 396. The Morgan fingerprint density at radius 2 is 1.59 bits per heavy atom. The predicted molar refractivity (Wildman–Crippen MR) is 84.1 cm³/mol. The van der Waals surface area contributed by atoms with Crippen molar-refractivity contribution >= 4 is 17.8 Å². The minimum Gasteiger partial charge on any atom is -0.480 e. The van der Waals surface area contributed by atoms with E-state index in [1.54, 1.807) is 6.92 Å². The zero-order chi connectivity index (χ0) is 17.4. The van der Waals surface area contributed by atoms with E-state index in [0.717, 1.165) is 0 Å². The Labute approximate surface area is 132 Å². The third-order valence-corrected chi connectivity index (χ3v) is 3.53. The Morgan fingerprint density at radius 3 is 1.95 bits per heavy atom. The highest BCUT2D eigenvalue weighted by molar-refractivity contribution is 5.91. The third kappa shape index (κ3) is 6.89. The number of hydrogen-bond donors (Lipinski definition) is 4. The van der Waals surface area contributed by atoms with Gasteiger partial charge >= 0.3 is 5.97 Å². The first-order chi connectivity index (χ1) is 10.1. The fourth-order valence-corrected chi connectivity index (χ4v) is 1.94. The second kappa shape index (κ2) is 9.40. The highest BCUT2D eigenvalue weighted by atomic mass is 16.4. The second-order valence-corrected chi connectivity index (χ2v) is 6.19. The molecule has 0 aliphatic carbocycles. The maximum atomic E-state index is 12.3. The zero-order valence-corrected chi connectivity index (χ0v) is 14.1. The van der Waals surface area contributed by atoms with Gasteiger partial charge in [-0.1, -0.05) is 34.1 Å². The molecule has 0 bridgehead atoms. The molecule has 0 aliphatic heterocycles. The number of carboxylic acids is 1. The van der Waals surface area contributed by atoms with Crippen molar-refractivity contribution in [2.75, 3.05) is 0 Å². The molecule has 4 atom stereocenters. The van der Waals surface area contributed by atoms with Crippen molar-refractivity contribution < 1.29 is 19.5 Å². The highest BCUT2D eigenvalue weighted by Crippen LogP contribution is 2.10. The summed E-state index contributed by atoms with van der Waals surface area (Å²) in [5.74, 6) is -2.04. The molecule has 128 valence electrons. The molecule has 0 aromatic rings. The van der Waals surface area contributed by atoms with Crippen molar-refractivity contribution in [1.29, 1.82) is 0 Å². The third-order valence-electron chi connectivity index (χ3n) is 3.53. The van der Waals surface area contributed by atoms with Gasteiger partial charge in [0.25, 0.3) is 0 Å². The molecule has 0 radical (unpaired) electrons. The van der Waals surface area contributed by atoms with Crippen LogP contribution in [0.1, 0.15) is 47.5 Å². The van der Waals surface area contributed by atoms with E-state index in [2.05, 4.69) is 10.6 Å². The number of carboxylic acid groups (broad SMARTS) is 1. The smallest absolute Gasteiger partial charge is 0.326 e. The number of amides is 2. The van der Waals surface area contributed by atoms with Gasteiger partial charge in [0.05, 0.1) is 6.04 Å². The first kappa shape index (κ1) is 20.4. The number of carbonyl (C=O) groups is 3. The van der Waals surface area contributed by atoms with Crippen LogP contribution in [-0.2, 0) is 14.4 Å². The zero-order valence-electron chi connectivity index (χ0n) is 14.1. The van der Waals surface area contributed by atoms with Crippen molar-refractivity contribution in [3.8, 4) is 0 Å². The summed E-state index contributed by atoms with van der Waals surface area (Å²) in [6, 6.07) is -2.49. The molecule has 0 spiro atoms. The molecule has 2 amide bonds. The largest absolute Gasteiger partial charge is 0.480 e. The number of nitrogens with one attached hydrogen (secondary N) is 2. The van der Waals surface area contributed by atoms with Crippen molar-refractivity contribution in [1.82, 2.24) is 10.6 Å². The average molecular weight is 315 g/mol. The number of carbonyl (C=O) groups excluding carboxylic acids is 2. The van der Waals surface area contributed by atoms with E-state index >= 15 is 0 Å². The van der Waals surface area contributed by atoms with Crippen molar-refractivity contribution in [3.63, 3.8) is 0 Å². The van der Waals surface area contributed by atoms with Gasteiger partial charge in [0.2, 0.25) is 11.8 Å². The number of rotatable bonds is 9. The Morgan fingerprint density at radius 1 is 1.05 bits per heavy atom. The van der Waals surface area contributed by atoms with Crippen LogP contribution in [0.25, 0.3) is 0 Å². The first-order valence-corrected chi connectivity index (χ1v) is 7.69. The fraction of sp³-hybridized carbons (Fsp3) is 0.800. The molecule has 0 aromatic heterocycles. The quantitative estimate of drug-likeness (QED) is 0.493. The van der Waals surface area contributed by atoms with Crippen molar-refractivity contribution in [3.05, 3.63) is 0 Å². The van der Waals surface area contributed by atoms with Crippen LogP contribution >= 0.6 is 0 Å². The molecule has 0 fully saturated rings. The van der Waals surface area contributed by atoms with E-state index < -0.39 is 35.9 Å². The molecule has 5 N–H and O–H groups in total. The molecular weight excluding hydrogens is 286 g/mol. The summed E-state index contributed by atoms with van der Waals surface area (Å²) in [4.78, 5) is 35.3.